The van der Waals surface area contributed by atoms with Crippen molar-refractivity contribution in [1.82, 2.24) is 24.8 Å². The Morgan fingerprint density at radius 3 is 2.81 bits per heavy atom. The number of aromatic nitrogens is 4. The molecule has 3 aromatic heterocycles. The summed E-state index contributed by atoms with van der Waals surface area (Å²) in [5.41, 5.74) is 4.89. The maximum absolute atomic E-state index is 12.1. The van der Waals surface area contributed by atoms with E-state index in [9.17, 15) is 8.42 Å². The Labute approximate surface area is 217 Å². The van der Waals surface area contributed by atoms with Gasteiger partial charge in [0.2, 0.25) is 16.0 Å². The minimum atomic E-state index is -3.44. The number of benzene rings is 1. The molecule has 0 saturated carbocycles. The Hall–Kier alpha value is -3.70. The Balaban J connectivity index is 1.39. The standard InChI is InChI=1S/C26H32N8O2S/c1-18-14-22(7-8-23(18)33-13-11-27-19(2)16-33)30-26-29-15-20-9-12-34(25(20)31-26)17-21-6-5-10-28-24(21)32(3)37(4,35)36/h5-10,12,14-15,19,27H,11,13,16-17H2,1-4H3,(H,29,30,31)/t19-/m1/s1. The van der Waals surface area contributed by atoms with Crippen molar-refractivity contribution in [2.45, 2.75) is 26.4 Å². The zero-order valence-corrected chi connectivity index (χ0v) is 22.3. The molecule has 1 saturated heterocycles. The van der Waals surface area contributed by atoms with Gasteiger partial charge in [0.25, 0.3) is 0 Å². The lowest BCUT2D eigenvalue weighted by molar-refractivity contribution is 0.484. The molecule has 0 radical (unpaired) electrons. The van der Waals surface area contributed by atoms with E-state index >= 15 is 0 Å². The van der Waals surface area contributed by atoms with Gasteiger partial charge in [-0.25, -0.2) is 18.4 Å². The summed E-state index contributed by atoms with van der Waals surface area (Å²) in [6.07, 6.45) is 6.47. The zero-order chi connectivity index (χ0) is 26.2. The molecule has 2 N–H and O–H groups in total. The van der Waals surface area contributed by atoms with Gasteiger partial charge in [-0.1, -0.05) is 6.07 Å². The summed E-state index contributed by atoms with van der Waals surface area (Å²) < 4.78 is 27.4. The lowest BCUT2D eigenvalue weighted by Crippen LogP contribution is -2.49. The third-order valence-corrected chi connectivity index (χ3v) is 7.84. The van der Waals surface area contributed by atoms with E-state index in [4.69, 9.17) is 4.98 Å². The molecule has 0 aliphatic carbocycles. The molecule has 0 spiro atoms. The van der Waals surface area contributed by atoms with Crippen LogP contribution < -0.4 is 19.8 Å². The quantitative estimate of drug-likeness (QED) is 0.383. The first-order valence-electron chi connectivity index (χ1n) is 12.2. The number of hydrogen-bond acceptors (Lipinski definition) is 8. The molecule has 1 aliphatic heterocycles. The van der Waals surface area contributed by atoms with Gasteiger partial charge in [-0.15, -0.1) is 0 Å². The highest BCUT2D eigenvalue weighted by atomic mass is 32.2. The first-order chi connectivity index (χ1) is 17.7. The molecule has 0 bridgehead atoms. The van der Waals surface area contributed by atoms with Crippen LogP contribution in [0.5, 0.6) is 0 Å². The number of nitrogens with zero attached hydrogens (tertiary/aromatic N) is 6. The molecule has 1 aromatic carbocycles. The van der Waals surface area contributed by atoms with Gasteiger partial charge in [0.05, 0.1) is 12.8 Å². The molecule has 4 aromatic rings. The number of rotatable bonds is 7. The lowest BCUT2D eigenvalue weighted by Gasteiger charge is -2.34. The molecule has 11 heteroatoms. The van der Waals surface area contributed by atoms with E-state index < -0.39 is 10.0 Å². The number of nitrogens with one attached hydrogen (secondary N) is 2. The number of hydrogen-bond donors (Lipinski definition) is 2. The highest BCUT2D eigenvalue weighted by molar-refractivity contribution is 7.92. The second-order valence-electron chi connectivity index (χ2n) is 9.56. The van der Waals surface area contributed by atoms with E-state index in [1.165, 1.54) is 28.9 Å². The molecule has 0 unspecified atom stereocenters. The smallest absolute Gasteiger partial charge is 0.233 e. The van der Waals surface area contributed by atoms with Crippen LogP contribution in [0.1, 0.15) is 18.1 Å². The molecule has 4 heterocycles. The highest BCUT2D eigenvalue weighted by Gasteiger charge is 2.19. The van der Waals surface area contributed by atoms with Crippen LogP contribution in [0.15, 0.2) is 55.0 Å². The van der Waals surface area contributed by atoms with E-state index in [1.807, 2.05) is 22.9 Å². The lowest BCUT2D eigenvalue weighted by atomic mass is 10.1. The van der Waals surface area contributed by atoms with Crippen molar-refractivity contribution in [3.63, 3.8) is 0 Å². The van der Waals surface area contributed by atoms with Crippen LogP contribution in [0.3, 0.4) is 0 Å². The molecule has 0 amide bonds. The van der Waals surface area contributed by atoms with Gasteiger partial charge in [0.1, 0.15) is 11.5 Å². The summed E-state index contributed by atoms with van der Waals surface area (Å²) in [6, 6.07) is 12.4. The van der Waals surface area contributed by atoms with Crippen LogP contribution in [0, 0.1) is 6.92 Å². The minimum absolute atomic E-state index is 0.397. The monoisotopic (exact) mass is 520 g/mol. The van der Waals surface area contributed by atoms with Crippen LogP contribution >= 0.6 is 0 Å². The van der Waals surface area contributed by atoms with Gasteiger partial charge in [-0.3, -0.25) is 4.31 Å². The molecule has 1 fully saturated rings. The van der Waals surface area contributed by atoms with E-state index in [0.29, 0.717) is 24.4 Å². The van der Waals surface area contributed by atoms with Crippen LogP contribution in [0.4, 0.5) is 23.1 Å². The first-order valence-corrected chi connectivity index (χ1v) is 14.1. The zero-order valence-electron chi connectivity index (χ0n) is 21.5. The fraction of sp³-hybridized carbons (Fsp3) is 0.346. The van der Waals surface area contributed by atoms with Crippen molar-refractivity contribution in [2.75, 3.05) is 47.5 Å². The number of piperazine rings is 1. The Kier molecular flexibility index (Phi) is 6.74. The molecule has 37 heavy (non-hydrogen) atoms. The van der Waals surface area contributed by atoms with Gasteiger partial charge < -0.3 is 20.1 Å². The average Bonchev–Trinajstić information content (AvgIpc) is 3.25. The van der Waals surface area contributed by atoms with Crippen molar-refractivity contribution >= 4 is 44.2 Å². The number of sulfonamides is 1. The van der Waals surface area contributed by atoms with Crippen LogP contribution in [-0.4, -0.2) is 66.9 Å². The fourth-order valence-corrected chi connectivity index (χ4v) is 5.18. The molecule has 1 aliphatic rings. The SMILES string of the molecule is Cc1cc(Nc2ncc3ccn(Cc4cccnc4N(C)S(C)(=O)=O)c3n2)ccc1N1CCN[C@H](C)C1. The number of anilines is 4. The maximum atomic E-state index is 12.1. The van der Waals surface area contributed by atoms with E-state index in [0.717, 1.165) is 41.9 Å². The number of pyridine rings is 1. The number of fused-ring (bicyclic) bond motifs is 1. The topological polar surface area (TPSA) is 108 Å². The number of aryl methyl sites for hydroxylation is 1. The van der Waals surface area contributed by atoms with Gasteiger partial charge in [0, 0.05) is 73.6 Å². The average molecular weight is 521 g/mol. The van der Waals surface area contributed by atoms with Crippen molar-refractivity contribution in [2.24, 2.45) is 0 Å². The minimum Gasteiger partial charge on any atom is -0.368 e. The largest absolute Gasteiger partial charge is 0.368 e. The summed E-state index contributed by atoms with van der Waals surface area (Å²) in [5, 5.41) is 7.72. The molecule has 5 rings (SSSR count). The van der Waals surface area contributed by atoms with E-state index in [-0.39, 0.29) is 0 Å². The summed E-state index contributed by atoms with van der Waals surface area (Å²) in [4.78, 5) is 16.0. The molecule has 194 valence electrons. The van der Waals surface area contributed by atoms with Crippen LogP contribution in [0.25, 0.3) is 11.0 Å². The predicted octanol–water partition coefficient (Wildman–Crippen LogP) is 3.12. The third-order valence-electron chi connectivity index (χ3n) is 6.67. The van der Waals surface area contributed by atoms with Crippen molar-refractivity contribution in [3.05, 3.63) is 66.1 Å². The molecular weight excluding hydrogens is 488 g/mol. The van der Waals surface area contributed by atoms with Crippen LogP contribution in [-0.2, 0) is 16.6 Å². The van der Waals surface area contributed by atoms with Crippen molar-refractivity contribution in [3.8, 4) is 0 Å². The van der Waals surface area contributed by atoms with Crippen molar-refractivity contribution < 1.29 is 8.42 Å². The van der Waals surface area contributed by atoms with Gasteiger partial charge in [-0.2, -0.15) is 4.98 Å². The summed E-state index contributed by atoms with van der Waals surface area (Å²) >= 11 is 0. The second kappa shape index (κ2) is 9.98. The molecular formula is C26H32N8O2S. The normalized spacial score (nSPS) is 16.2. The van der Waals surface area contributed by atoms with E-state index in [2.05, 4.69) is 57.5 Å². The maximum Gasteiger partial charge on any atom is 0.233 e. The summed E-state index contributed by atoms with van der Waals surface area (Å²) in [5.74, 6) is 0.892. The highest BCUT2D eigenvalue weighted by Crippen LogP contribution is 2.27. The van der Waals surface area contributed by atoms with Gasteiger partial charge in [-0.05, 0) is 49.7 Å². The van der Waals surface area contributed by atoms with E-state index in [1.54, 1.807) is 18.5 Å². The van der Waals surface area contributed by atoms with Crippen molar-refractivity contribution in [1.29, 1.82) is 0 Å². The van der Waals surface area contributed by atoms with Gasteiger partial charge >= 0.3 is 0 Å². The van der Waals surface area contributed by atoms with Crippen LogP contribution in [0.2, 0.25) is 0 Å². The predicted molar refractivity (Wildman–Crippen MR) is 148 cm³/mol. The Morgan fingerprint density at radius 2 is 2.05 bits per heavy atom. The summed E-state index contributed by atoms with van der Waals surface area (Å²) in [7, 11) is -1.93. The van der Waals surface area contributed by atoms with Gasteiger partial charge in [0.15, 0.2) is 0 Å². The third kappa shape index (κ3) is 5.37. The fourth-order valence-electron chi connectivity index (χ4n) is 4.70. The first kappa shape index (κ1) is 25.0. The Morgan fingerprint density at radius 1 is 1.22 bits per heavy atom. The molecule has 10 nitrogen and oxygen atoms in total. The second-order valence-corrected chi connectivity index (χ2v) is 11.6. The molecule has 1 atom stereocenters. The summed E-state index contributed by atoms with van der Waals surface area (Å²) in [6.45, 7) is 7.72. The Bertz CT molecular complexity index is 1530.